The van der Waals surface area contributed by atoms with Gasteiger partial charge in [0.1, 0.15) is 6.54 Å². The fraction of sp³-hybridized carbons (Fsp3) is 0.391. The van der Waals surface area contributed by atoms with Crippen molar-refractivity contribution in [3.8, 4) is 0 Å². The second kappa shape index (κ2) is 10.4. The molecule has 0 radical (unpaired) electrons. The highest BCUT2D eigenvalue weighted by atomic mass is 32.2. The smallest absolute Gasteiger partial charge is 0.291 e. The Labute approximate surface area is 190 Å². The van der Waals surface area contributed by atoms with Crippen LogP contribution in [-0.4, -0.2) is 70.8 Å². The number of benzene rings is 2. The summed E-state index contributed by atoms with van der Waals surface area (Å²) in [6.07, 6.45) is 0. The quantitative estimate of drug-likeness (QED) is 0.523. The number of nitrogens with zero attached hydrogens (tertiary/aromatic N) is 4. The van der Waals surface area contributed by atoms with Gasteiger partial charge in [-0.1, -0.05) is 42.5 Å². The maximum absolute atomic E-state index is 13.1. The van der Waals surface area contributed by atoms with Gasteiger partial charge in [0, 0.05) is 32.7 Å². The molecule has 2 aromatic carbocycles. The Kier molecular flexibility index (Phi) is 7.39. The predicted molar refractivity (Wildman–Crippen MR) is 123 cm³/mol. The molecule has 3 aromatic rings. The molecule has 6 nitrogen and oxygen atoms in total. The number of halogens is 2. The minimum atomic E-state index is -2.61. The molecular weight excluding hydrogens is 432 g/mol. The molecule has 9 heteroatoms. The van der Waals surface area contributed by atoms with Crippen LogP contribution in [0.1, 0.15) is 11.6 Å². The Morgan fingerprint density at radius 2 is 1.75 bits per heavy atom. The molecule has 0 aliphatic carbocycles. The topological polar surface area (TPSA) is 53.4 Å². The number of carbonyl (C=O) groups is 1. The van der Waals surface area contributed by atoms with Crippen LogP contribution in [0.5, 0.6) is 0 Å². The van der Waals surface area contributed by atoms with E-state index in [0.29, 0.717) is 29.3 Å². The highest BCUT2D eigenvalue weighted by Gasteiger charge is 2.23. The van der Waals surface area contributed by atoms with Gasteiger partial charge in [-0.15, -0.1) is 0 Å². The number of para-hydroxylation sites is 2. The Hall–Kier alpha value is -2.49. The predicted octanol–water partition coefficient (Wildman–Crippen LogP) is 3.46. The fourth-order valence-electron chi connectivity index (χ4n) is 3.97. The monoisotopic (exact) mass is 459 g/mol. The Morgan fingerprint density at radius 1 is 1.06 bits per heavy atom. The van der Waals surface area contributed by atoms with Crippen LogP contribution in [0.15, 0.2) is 59.8 Å². The molecular formula is C23H27F2N5OS. The molecule has 170 valence electrons. The first-order valence-corrected chi connectivity index (χ1v) is 11.5. The molecule has 1 N–H and O–H groups in total. The molecule has 1 saturated heterocycles. The number of likely N-dealkylation sites (N-methyl/N-ethyl adjacent to an activating group) is 1. The zero-order valence-electron chi connectivity index (χ0n) is 18.0. The van der Waals surface area contributed by atoms with Gasteiger partial charge in [-0.3, -0.25) is 9.69 Å². The third kappa shape index (κ3) is 5.65. The maximum atomic E-state index is 13.1. The van der Waals surface area contributed by atoms with Crippen LogP contribution in [0.4, 0.5) is 8.78 Å². The van der Waals surface area contributed by atoms with Gasteiger partial charge < -0.3 is 14.8 Å². The van der Waals surface area contributed by atoms with Crippen molar-refractivity contribution in [2.24, 2.45) is 0 Å². The minimum Gasteiger partial charge on any atom is -0.346 e. The minimum absolute atomic E-state index is 0.0678. The third-order valence-electron chi connectivity index (χ3n) is 5.69. The summed E-state index contributed by atoms with van der Waals surface area (Å²) >= 11 is 0.362. The molecule has 1 amide bonds. The van der Waals surface area contributed by atoms with Gasteiger partial charge in [-0.05, 0) is 36.5 Å². The van der Waals surface area contributed by atoms with E-state index in [9.17, 15) is 13.6 Å². The van der Waals surface area contributed by atoms with Crippen molar-refractivity contribution in [2.45, 2.75) is 23.5 Å². The van der Waals surface area contributed by atoms with Crippen LogP contribution in [0.25, 0.3) is 11.0 Å². The molecule has 0 saturated carbocycles. The molecule has 4 rings (SSSR count). The van der Waals surface area contributed by atoms with Crippen LogP contribution in [-0.2, 0) is 11.3 Å². The lowest BCUT2D eigenvalue weighted by Crippen LogP contribution is -2.48. The number of rotatable bonds is 8. The molecule has 0 bridgehead atoms. The van der Waals surface area contributed by atoms with E-state index in [2.05, 4.69) is 27.1 Å². The van der Waals surface area contributed by atoms with E-state index in [4.69, 9.17) is 0 Å². The number of amides is 1. The SMILES string of the molecule is CN1CCN(CC(NC(=O)Cn2c(SC(F)F)nc3ccccc32)c2ccccc2)CC1. The van der Waals surface area contributed by atoms with Crippen LogP contribution in [0.3, 0.4) is 0 Å². The van der Waals surface area contributed by atoms with E-state index < -0.39 is 5.76 Å². The average Bonchev–Trinajstić information content (AvgIpc) is 3.11. The van der Waals surface area contributed by atoms with Crippen molar-refractivity contribution in [1.29, 1.82) is 0 Å². The summed E-state index contributed by atoms with van der Waals surface area (Å²) in [6, 6.07) is 16.9. The van der Waals surface area contributed by atoms with Crippen LogP contribution in [0, 0.1) is 0 Å². The van der Waals surface area contributed by atoms with Gasteiger partial charge in [0.25, 0.3) is 5.76 Å². The molecule has 2 heterocycles. The van der Waals surface area contributed by atoms with Crippen molar-refractivity contribution in [3.63, 3.8) is 0 Å². The van der Waals surface area contributed by atoms with Crippen molar-refractivity contribution < 1.29 is 13.6 Å². The summed E-state index contributed by atoms with van der Waals surface area (Å²) in [7, 11) is 2.11. The van der Waals surface area contributed by atoms with Gasteiger partial charge in [0.2, 0.25) is 5.91 Å². The van der Waals surface area contributed by atoms with Gasteiger partial charge in [0.05, 0.1) is 17.1 Å². The number of hydrogen-bond donors (Lipinski definition) is 1. The highest BCUT2D eigenvalue weighted by molar-refractivity contribution is 7.99. The van der Waals surface area contributed by atoms with Crippen molar-refractivity contribution >= 4 is 28.7 Å². The second-order valence-corrected chi connectivity index (χ2v) is 8.94. The molecule has 1 aliphatic heterocycles. The lowest BCUT2D eigenvalue weighted by molar-refractivity contribution is -0.122. The fourth-order valence-corrected chi connectivity index (χ4v) is 4.57. The number of thioether (sulfide) groups is 1. The number of aromatic nitrogens is 2. The van der Waals surface area contributed by atoms with E-state index >= 15 is 0 Å². The molecule has 32 heavy (non-hydrogen) atoms. The van der Waals surface area contributed by atoms with Crippen molar-refractivity contribution in [2.75, 3.05) is 39.8 Å². The zero-order chi connectivity index (χ0) is 22.5. The van der Waals surface area contributed by atoms with Gasteiger partial charge in [0.15, 0.2) is 5.16 Å². The van der Waals surface area contributed by atoms with Gasteiger partial charge >= 0.3 is 0 Å². The Morgan fingerprint density at radius 3 is 2.47 bits per heavy atom. The highest BCUT2D eigenvalue weighted by Crippen LogP contribution is 2.28. The van der Waals surface area contributed by atoms with E-state index in [1.807, 2.05) is 36.4 Å². The number of hydrogen-bond acceptors (Lipinski definition) is 5. The van der Waals surface area contributed by atoms with E-state index in [1.54, 1.807) is 22.8 Å². The number of alkyl halides is 2. The lowest BCUT2D eigenvalue weighted by Gasteiger charge is -2.35. The van der Waals surface area contributed by atoms with Gasteiger partial charge in [-0.25, -0.2) is 4.98 Å². The van der Waals surface area contributed by atoms with E-state index in [0.717, 1.165) is 31.7 Å². The summed E-state index contributed by atoms with van der Waals surface area (Å²) in [5, 5.41) is 3.28. The number of fused-ring (bicyclic) bond motifs is 1. The van der Waals surface area contributed by atoms with E-state index in [1.165, 1.54) is 0 Å². The molecule has 1 atom stereocenters. The molecule has 1 fully saturated rings. The van der Waals surface area contributed by atoms with E-state index in [-0.39, 0.29) is 23.7 Å². The summed E-state index contributed by atoms with van der Waals surface area (Å²) in [4.78, 5) is 22.0. The second-order valence-electron chi connectivity index (χ2n) is 7.98. The molecule has 0 spiro atoms. The molecule has 1 aliphatic rings. The normalized spacial score (nSPS) is 16.5. The summed E-state index contributed by atoms with van der Waals surface area (Å²) in [6.45, 7) is 4.50. The summed E-state index contributed by atoms with van der Waals surface area (Å²) in [5.41, 5.74) is 2.29. The first-order valence-electron chi connectivity index (χ1n) is 10.6. The lowest BCUT2D eigenvalue weighted by atomic mass is 10.1. The molecule has 1 aromatic heterocycles. The number of nitrogens with one attached hydrogen (secondary N) is 1. The van der Waals surface area contributed by atoms with Crippen molar-refractivity contribution in [3.05, 3.63) is 60.2 Å². The Balaban J connectivity index is 1.52. The summed E-state index contributed by atoms with van der Waals surface area (Å²) in [5.74, 6) is -2.84. The summed E-state index contributed by atoms with van der Waals surface area (Å²) < 4.78 is 27.7. The average molecular weight is 460 g/mol. The van der Waals surface area contributed by atoms with Crippen molar-refractivity contribution in [1.82, 2.24) is 24.7 Å². The number of carbonyl (C=O) groups excluding carboxylic acids is 1. The maximum Gasteiger partial charge on any atom is 0.291 e. The van der Waals surface area contributed by atoms with Crippen LogP contribution in [0.2, 0.25) is 0 Å². The molecule has 1 unspecified atom stereocenters. The Bertz CT molecular complexity index is 1040. The standard InChI is InChI=1S/C23H27F2N5OS/c1-28-11-13-29(14-12-28)15-19(17-7-3-2-4-8-17)26-21(31)16-30-20-10-6-5-9-18(20)27-23(30)32-22(24)25/h2-10,19,22H,11-16H2,1H3,(H,26,31). The first kappa shape index (κ1) is 22.7. The zero-order valence-corrected chi connectivity index (χ0v) is 18.8. The van der Waals surface area contributed by atoms with Crippen LogP contribution >= 0.6 is 11.8 Å². The number of piperazine rings is 1. The third-order valence-corrected chi connectivity index (χ3v) is 6.39. The first-order chi connectivity index (χ1) is 15.5. The number of imidazole rings is 1. The largest absolute Gasteiger partial charge is 0.346 e. The van der Waals surface area contributed by atoms with Crippen LogP contribution < -0.4 is 5.32 Å². The van der Waals surface area contributed by atoms with Gasteiger partial charge in [-0.2, -0.15) is 8.78 Å².